The topological polar surface area (TPSA) is 51.1 Å². The van der Waals surface area contributed by atoms with E-state index in [0.29, 0.717) is 5.69 Å². The van der Waals surface area contributed by atoms with Crippen LogP contribution in [0.25, 0.3) is 0 Å². The predicted octanol–water partition coefficient (Wildman–Crippen LogP) is 0.508. The van der Waals surface area contributed by atoms with Gasteiger partial charge in [0.15, 0.2) is 0 Å². The second kappa shape index (κ2) is 1.72. The van der Waals surface area contributed by atoms with E-state index >= 15 is 0 Å². The molecule has 1 N–H and O–H groups in total. The van der Waals surface area contributed by atoms with Gasteiger partial charge in [0.1, 0.15) is 5.69 Å². The molecule has 0 spiro atoms. The number of carbonyl (C=O) groups is 2. The lowest BCUT2D eigenvalue weighted by Gasteiger charge is -1.88. The number of rotatable bonds is 0. The van der Waals surface area contributed by atoms with Crippen LogP contribution in [0.15, 0.2) is 12.3 Å². The van der Waals surface area contributed by atoms with Crippen LogP contribution in [0.4, 0.5) is 4.79 Å². The van der Waals surface area contributed by atoms with Crippen molar-refractivity contribution in [3.63, 3.8) is 0 Å². The molecule has 1 aliphatic heterocycles. The Morgan fingerprint density at radius 1 is 1.45 bits per heavy atom. The highest BCUT2D eigenvalue weighted by Gasteiger charge is 2.25. The molecule has 2 amide bonds. The highest BCUT2D eigenvalue weighted by molar-refractivity contribution is 6.11. The molecule has 2 rings (SSSR count). The normalized spacial score (nSPS) is 15.0. The maximum Gasteiger partial charge on any atom is 0.333 e. The SMILES string of the molecule is Cc1cc2n(c1)C(=O)NC2=O. The second-order valence-corrected chi connectivity index (χ2v) is 2.53. The molecule has 0 saturated heterocycles. The Bertz CT molecular complexity index is 320. The molecule has 0 fully saturated rings. The molecule has 0 aromatic carbocycles. The Kier molecular flexibility index (Phi) is 0.961. The van der Waals surface area contributed by atoms with Gasteiger partial charge in [-0.3, -0.25) is 14.7 Å². The molecular weight excluding hydrogens is 144 g/mol. The summed E-state index contributed by atoms with van der Waals surface area (Å²) in [4.78, 5) is 21.9. The van der Waals surface area contributed by atoms with E-state index in [9.17, 15) is 9.59 Å². The first kappa shape index (κ1) is 6.15. The lowest BCUT2D eigenvalue weighted by atomic mass is 10.3. The van der Waals surface area contributed by atoms with E-state index in [1.807, 2.05) is 6.92 Å². The van der Waals surface area contributed by atoms with Gasteiger partial charge in [-0.2, -0.15) is 0 Å². The van der Waals surface area contributed by atoms with Crippen molar-refractivity contribution in [1.29, 1.82) is 0 Å². The Morgan fingerprint density at radius 3 is 2.82 bits per heavy atom. The first-order valence-electron chi connectivity index (χ1n) is 3.23. The molecule has 0 bridgehead atoms. The van der Waals surface area contributed by atoms with Gasteiger partial charge in [-0.05, 0) is 18.6 Å². The van der Waals surface area contributed by atoms with Crippen LogP contribution in [-0.4, -0.2) is 16.5 Å². The summed E-state index contributed by atoms with van der Waals surface area (Å²) >= 11 is 0. The Balaban J connectivity index is 2.67. The summed E-state index contributed by atoms with van der Waals surface area (Å²) in [5, 5.41) is 2.17. The van der Waals surface area contributed by atoms with Gasteiger partial charge >= 0.3 is 6.03 Å². The van der Waals surface area contributed by atoms with E-state index in [0.717, 1.165) is 5.56 Å². The highest BCUT2D eigenvalue weighted by atomic mass is 16.2. The number of aromatic nitrogens is 1. The van der Waals surface area contributed by atoms with E-state index in [2.05, 4.69) is 5.32 Å². The van der Waals surface area contributed by atoms with E-state index in [-0.39, 0.29) is 11.9 Å². The summed E-state index contributed by atoms with van der Waals surface area (Å²) in [6.07, 6.45) is 1.63. The van der Waals surface area contributed by atoms with Crippen LogP contribution in [0.1, 0.15) is 16.1 Å². The maximum absolute atomic E-state index is 10.9. The maximum atomic E-state index is 10.9. The lowest BCUT2D eigenvalue weighted by molar-refractivity contribution is 0.0976. The number of nitrogens with zero attached hydrogens (tertiary/aromatic N) is 1. The number of hydrogen-bond acceptors (Lipinski definition) is 2. The van der Waals surface area contributed by atoms with Crippen molar-refractivity contribution in [2.45, 2.75) is 6.92 Å². The minimum absolute atomic E-state index is 0.317. The van der Waals surface area contributed by atoms with Crippen LogP contribution >= 0.6 is 0 Å². The molecule has 0 saturated carbocycles. The van der Waals surface area contributed by atoms with E-state index in [1.165, 1.54) is 4.57 Å². The Hall–Kier alpha value is -1.58. The molecule has 0 atom stereocenters. The third kappa shape index (κ3) is 0.690. The Labute approximate surface area is 62.8 Å². The largest absolute Gasteiger partial charge is 0.333 e. The van der Waals surface area contributed by atoms with Crippen LogP contribution < -0.4 is 5.32 Å². The quantitative estimate of drug-likeness (QED) is 0.585. The van der Waals surface area contributed by atoms with E-state index in [4.69, 9.17) is 0 Å². The molecule has 4 heteroatoms. The zero-order chi connectivity index (χ0) is 8.01. The van der Waals surface area contributed by atoms with Gasteiger partial charge in [-0.1, -0.05) is 0 Å². The molecule has 11 heavy (non-hydrogen) atoms. The smallest absolute Gasteiger partial charge is 0.272 e. The lowest BCUT2D eigenvalue weighted by Crippen LogP contribution is -2.21. The van der Waals surface area contributed by atoms with Crippen molar-refractivity contribution < 1.29 is 9.59 Å². The molecule has 2 heterocycles. The first-order valence-corrected chi connectivity index (χ1v) is 3.23. The second-order valence-electron chi connectivity index (χ2n) is 2.53. The van der Waals surface area contributed by atoms with Gasteiger partial charge < -0.3 is 0 Å². The molecular formula is C7H6N2O2. The molecule has 4 nitrogen and oxygen atoms in total. The molecule has 0 unspecified atom stereocenters. The van der Waals surface area contributed by atoms with Crippen molar-refractivity contribution in [3.05, 3.63) is 23.5 Å². The minimum Gasteiger partial charge on any atom is -0.272 e. The fourth-order valence-electron chi connectivity index (χ4n) is 1.16. The van der Waals surface area contributed by atoms with Crippen molar-refractivity contribution in [3.8, 4) is 0 Å². The number of imide groups is 1. The molecule has 1 aromatic heterocycles. The summed E-state index contributed by atoms with van der Waals surface area (Å²) < 4.78 is 1.32. The summed E-state index contributed by atoms with van der Waals surface area (Å²) in [6.45, 7) is 1.84. The Morgan fingerprint density at radius 2 is 2.18 bits per heavy atom. The van der Waals surface area contributed by atoms with Crippen LogP contribution in [-0.2, 0) is 0 Å². The molecule has 0 radical (unpaired) electrons. The summed E-state index contributed by atoms with van der Waals surface area (Å²) in [7, 11) is 0. The monoisotopic (exact) mass is 150 g/mol. The van der Waals surface area contributed by atoms with Crippen molar-refractivity contribution in [2.24, 2.45) is 0 Å². The zero-order valence-electron chi connectivity index (χ0n) is 5.92. The fourth-order valence-corrected chi connectivity index (χ4v) is 1.16. The van der Waals surface area contributed by atoms with Gasteiger partial charge in [0.2, 0.25) is 0 Å². The number of amides is 2. The van der Waals surface area contributed by atoms with Crippen molar-refractivity contribution in [2.75, 3.05) is 0 Å². The van der Waals surface area contributed by atoms with Crippen LogP contribution in [0.5, 0.6) is 0 Å². The molecule has 0 aliphatic carbocycles. The standard InChI is InChI=1S/C7H6N2O2/c1-4-2-5-6(10)8-7(11)9(5)3-4/h2-3H,1H3,(H,8,10,11). The van der Waals surface area contributed by atoms with Gasteiger partial charge in [0, 0.05) is 6.20 Å². The average molecular weight is 150 g/mol. The number of nitrogens with one attached hydrogen (secondary N) is 1. The fraction of sp³-hybridized carbons (Fsp3) is 0.143. The molecule has 1 aliphatic rings. The number of aryl methyl sites for hydroxylation is 1. The van der Waals surface area contributed by atoms with Crippen molar-refractivity contribution in [1.82, 2.24) is 9.88 Å². The summed E-state index contributed by atoms with van der Waals surface area (Å²) in [5.41, 5.74) is 1.34. The van der Waals surface area contributed by atoms with Gasteiger partial charge in [-0.25, -0.2) is 4.79 Å². The highest BCUT2D eigenvalue weighted by Crippen LogP contribution is 2.11. The van der Waals surface area contributed by atoms with E-state index < -0.39 is 0 Å². The average Bonchev–Trinajstić information content (AvgIpc) is 2.38. The van der Waals surface area contributed by atoms with Crippen LogP contribution in [0.2, 0.25) is 0 Å². The number of carbonyl (C=O) groups excluding carboxylic acids is 2. The zero-order valence-corrected chi connectivity index (χ0v) is 5.92. The predicted molar refractivity (Wildman–Crippen MR) is 37.4 cm³/mol. The number of fused-ring (bicyclic) bond motifs is 1. The van der Waals surface area contributed by atoms with Gasteiger partial charge in [0.05, 0.1) is 0 Å². The minimum atomic E-state index is -0.363. The number of hydrogen-bond donors (Lipinski definition) is 1. The summed E-state index contributed by atoms with van der Waals surface area (Å²) in [5.74, 6) is -0.317. The molecule has 56 valence electrons. The van der Waals surface area contributed by atoms with Crippen molar-refractivity contribution >= 4 is 11.9 Å². The first-order chi connectivity index (χ1) is 5.18. The third-order valence-electron chi connectivity index (χ3n) is 1.63. The van der Waals surface area contributed by atoms with E-state index in [1.54, 1.807) is 12.3 Å². The van der Waals surface area contributed by atoms with Crippen LogP contribution in [0.3, 0.4) is 0 Å². The molecule has 1 aromatic rings. The van der Waals surface area contributed by atoms with Gasteiger partial charge in [-0.15, -0.1) is 0 Å². The van der Waals surface area contributed by atoms with Crippen LogP contribution in [0, 0.1) is 6.92 Å². The third-order valence-corrected chi connectivity index (χ3v) is 1.63. The van der Waals surface area contributed by atoms with Gasteiger partial charge in [0.25, 0.3) is 5.91 Å². The summed E-state index contributed by atoms with van der Waals surface area (Å²) in [6, 6.07) is 1.32.